The lowest BCUT2D eigenvalue weighted by Gasteiger charge is -2.13. The predicted octanol–water partition coefficient (Wildman–Crippen LogP) is 4.55. The van der Waals surface area contributed by atoms with Gasteiger partial charge in [0.15, 0.2) is 0 Å². The molecule has 1 heterocycles. The maximum absolute atomic E-state index is 13.0. The maximum Gasteiger partial charge on any atom is 0.278 e. The second-order valence-corrected chi connectivity index (χ2v) is 7.78. The van der Waals surface area contributed by atoms with Crippen molar-refractivity contribution in [3.63, 3.8) is 0 Å². The summed E-state index contributed by atoms with van der Waals surface area (Å²) >= 11 is 0. The zero-order chi connectivity index (χ0) is 21.1. The van der Waals surface area contributed by atoms with Gasteiger partial charge in [0.05, 0.1) is 12.2 Å². The van der Waals surface area contributed by atoms with Gasteiger partial charge in [0.25, 0.3) is 11.8 Å². The van der Waals surface area contributed by atoms with Crippen molar-refractivity contribution in [3.8, 4) is 5.75 Å². The third-order valence-corrected chi connectivity index (χ3v) is 4.85. The first-order valence-corrected chi connectivity index (χ1v) is 9.99. The zero-order valence-electron chi connectivity index (χ0n) is 17.7. The van der Waals surface area contributed by atoms with Crippen molar-refractivity contribution in [3.05, 3.63) is 64.9 Å². The summed E-state index contributed by atoms with van der Waals surface area (Å²) < 4.78 is 5.73. The number of rotatable bonds is 7. The molecule has 0 fully saturated rings. The summed E-state index contributed by atoms with van der Waals surface area (Å²) in [4.78, 5) is 27.1. The number of carbonyl (C=O) groups is 2. The molecule has 2 aromatic rings. The fourth-order valence-corrected chi connectivity index (χ4v) is 3.32. The first-order chi connectivity index (χ1) is 13.8. The van der Waals surface area contributed by atoms with Crippen LogP contribution in [0, 0.1) is 19.8 Å². The number of amides is 2. The second kappa shape index (κ2) is 8.52. The van der Waals surface area contributed by atoms with Gasteiger partial charge < -0.3 is 10.1 Å². The Morgan fingerprint density at radius 2 is 1.69 bits per heavy atom. The molecule has 0 unspecified atom stereocenters. The summed E-state index contributed by atoms with van der Waals surface area (Å²) in [6.07, 6.45) is 0. The average molecular weight is 392 g/mol. The van der Waals surface area contributed by atoms with E-state index in [9.17, 15) is 9.59 Å². The van der Waals surface area contributed by atoms with Crippen LogP contribution >= 0.6 is 0 Å². The van der Waals surface area contributed by atoms with Gasteiger partial charge in [0.2, 0.25) is 0 Å². The van der Waals surface area contributed by atoms with Crippen molar-refractivity contribution in [2.24, 2.45) is 5.92 Å². The van der Waals surface area contributed by atoms with E-state index in [0.717, 1.165) is 22.6 Å². The number of nitrogens with zero attached hydrogens (tertiary/aromatic N) is 1. The van der Waals surface area contributed by atoms with Gasteiger partial charge in [-0.15, -0.1) is 0 Å². The van der Waals surface area contributed by atoms with E-state index < -0.39 is 0 Å². The molecule has 0 radical (unpaired) electrons. The number of benzene rings is 2. The topological polar surface area (TPSA) is 58.6 Å². The van der Waals surface area contributed by atoms with E-state index >= 15 is 0 Å². The normalized spacial score (nSPS) is 14.2. The van der Waals surface area contributed by atoms with Crippen molar-refractivity contribution < 1.29 is 14.3 Å². The molecule has 152 valence electrons. The van der Waals surface area contributed by atoms with Gasteiger partial charge in [-0.3, -0.25) is 14.5 Å². The highest BCUT2D eigenvalue weighted by atomic mass is 16.5. The van der Waals surface area contributed by atoms with Crippen LogP contribution in [0.3, 0.4) is 0 Å². The van der Waals surface area contributed by atoms with Crippen LogP contribution in [-0.2, 0) is 9.59 Å². The number of likely N-dealkylation sites (N-methyl/N-ethyl adjacent to an activating group) is 1. The summed E-state index contributed by atoms with van der Waals surface area (Å²) in [5.41, 5.74) is 4.39. The van der Waals surface area contributed by atoms with Gasteiger partial charge in [-0.2, -0.15) is 0 Å². The van der Waals surface area contributed by atoms with E-state index in [4.69, 9.17) is 4.74 Å². The molecule has 0 aliphatic carbocycles. The zero-order valence-corrected chi connectivity index (χ0v) is 17.7. The van der Waals surface area contributed by atoms with Gasteiger partial charge >= 0.3 is 0 Å². The van der Waals surface area contributed by atoms with Crippen LogP contribution in [0.25, 0.3) is 5.57 Å². The Bertz CT molecular complexity index is 959. The van der Waals surface area contributed by atoms with Crippen LogP contribution in [0.5, 0.6) is 5.75 Å². The van der Waals surface area contributed by atoms with Crippen molar-refractivity contribution in [1.82, 2.24) is 4.90 Å². The molecule has 1 N–H and O–H groups in total. The number of hydrogen-bond donors (Lipinski definition) is 1. The van der Waals surface area contributed by atoms with Crippen molar-refractivity contribution >= 4 is 23.1 Å². The van der Waals surface area contributed by atoms with Crippen molar-refractivity contribution in [1.29, 1.82) is 0 Å². The molecule has 1 aliphatic rings. The molecule has 3 rings (SSSR count). The molecule has 5 heteroatoms. The van der Waals surface area contributed by atoms with E-state index in [-0.39, 0.29) is 11.8 Å². The minimum atomic E-state index is -0.299. The number of hydrogen-bond acceptors (Lipinski definition) is 4. The van der Waals surface area contributed by atoms with E-state index in [1.165, 1.54) is 4.90 Å². The predicted molar refractivity (Wildman–Crippen MR) is 116 cm³/mol. The Morgan fingerprint density at radius 1 is 1.00 bits per heavy atom. The molecule has 29 heavy (non-hydrogen) atoms. The Hall–Kier alpha value is -3.08. The molecular formula is C24H28N2O3. The van der Waals surface area contributed by atoms with Gasteiger partial charge in [0, 0.05) is 12.2 Å². The van der Waals surface area contributed by atoms with Gasteiger partial charge in [-0.1, -0.05) is 43.7 Å². The quantitative estimate of drug-likeness (QED) is 0.702. The van der Waals surface area contributed by atoms with Crippen LogP contribution in [0.15, 0.2) is 48.2 Å². The second-order valence-electron chi connectivity index (χ2n) is 7.78. The van der Waals surface area contributed by atoms with Crippen LogP contribution in [0.2, 0.25) is 0 Å². The largest absolute Gasteiger partial charge is 0.493 e. The molecule has 0 atom stereocenters. The highest BCUT2D eigenvalue weighted by Crippen LogP contribution is 2.32. The highest BCUT2D eigenvalue weighted by Gasteiger charge is 2.38. The van der Waals surface area contributed by atoms with Gasteiger partial charge in [-0.05, 0) is 56.0 Å². The molecule has 5 nitrogen and oxygen atoms in total. The molecule has 0 bridgehead atoms. The van der Waals surface area contributed by atoms with Gasteiger partial charge in [-0.25, -0.2) is 0 Å². The Kier molecular flexibility index (Phi) is 6.06. The number of aryl methyl sites for hydroxylation is 2. The van der Waals surface area contributed by atoms with Crippen molar-refractivity contribution in [2.45, 2.75) is 34.6 Å². The molecule has 0 saturated carbocycles. The summed E-state index contributed by atoms with van der Waals surface area (Å²) in [6.45, 7) is 10.9. The number of imide groups is 1. The first-order valence-electron chi connectivity index (χ1n) is 9.99. The molecule has 1 aliphatic heterocycles. The minimum absolute atomic E-state index is 0.277. The van der Waals surface area contributed by atoms with E-state index in [1.54, 1.807) is 6.92 Å². The highest BCUT2D eigenvalue weighted by molar-refractivity contribution is 6.36. The molecule has 2 amide bonds. The maximum atomic E-state index is 13.0. The summed E-state index contributed by atoms with van der Waals surface area (Å²) in [5, 5.41) is 3.22. The smallest absolute Gasteiger partial charge is 0.278 e. The Labute approximate surface area is 172 Å². The van der Waals surface area contributed by atoms with E-state index in [0.29, 0.717) is 35.9 Å². The van der Waals surface area contributed by atoms with E-state index in [2.05, 4.69) is 19.2 Å². The standard InChI is InChI=1S/C24H28N2O3/c1-6-26-23(27)21(18-8-10-19(11-9-18)29-14-15(2)3)22(24(26)28)25-20-12-7-16(4)13-17(20)5/h7-13,15,25H,6,14H2,1-5H3. The van der Waals surface area contributed by atoms with Crippen LogP contribution in [0.4, 0.5) is 5.69 Å². The fraction of sp³-hybridized carbons (Fsp3) is 0.333. The van der Waals surface area contributed by atoms with Crippen molar-refractivity contribution in [2.75, 3.05) is 18.5 Å². The molecule has 0 aromatic heterocycles. The number of nitrogens with one attached hydrogen (secondary N) is 1. The molecular weight excluding hydrogens is 364 g/mol. The fourth-order valence-electron chi connectivity index (χ4n) is 3.32. The number of ether oxygens (including phenoxy) is 1. The Morgan fingerprint density at radius 3 is 2.28 bits per heavy atom. The van der Waals surface area contributed by atoms with Gasteiger partial charge in [0.1, 0.15) is 11.4 Å². The number of carbonyl (C=O) groups excluding carboxylic acids is 2. The third kappa shape index (κ3) is 4.34. The van der Waals surface area contributed by atoms with Crippen LogP contribution in [0.1, 0.15) is 37.5 Å². The lowest BCUT2D eigenvalue weighted by molar-refractivity contribution is -0.136. The summed E-state index contributed by atoms with van der Waals surface area (Å²) in [6, 6.07) is 13.3. The third-order valence-electron chi connectivity index (χ3n) is 4.85. The number of anilines is 1. The Balaban J connectivity index is 1.98. The lowest BCUT2D eigenvalue weighted by atomic mass is 10.0. The molecule has 0 saturated heterocycles. The van der Waals surface area contributed by atoms with E-state index in [1.807, 2.05) is 56.3 Å². The monoisotopic (exact) mass is 392 g/mol. The summed E-state index contributed by atoms with van der Waals surface area (Å²) in [7, 11) is 0. The molecule has 0 spiro atoms. The molecule has 2 aromatic carbocycles. The summed E-state index contributed by atoms with van der Waals surface area (Å²) in [5.74, 6) is 0.599. The SMILES string of the molecule is CCN1C(=O)C(Nc2ccc(C)cc2C)=C(c2ccc(OCC(C)C)cc2)C1=O. The first kappa shape index (κ1) is 20.6. The lowest BCUT2D eigenvalue weighted by Crippen LogP contribution is -2.32. The average Bonchev–Trinajstić information content (AvgIpc) is 2.92. The minimum Gasteiger partial charge on any atom is -0.493 e. The van der Waals surface area contributed by atoms with Crippen LogP contribution < -0.4 is 10.1 Å². The van der Waals surface area contributed by atoms with Crippen LogP contribution in [-0.4, -0.2) is 29.9 Å².